The third-order valence-corrected chi connectivity index (χ3v) is 4.57. The smallest absolute Gasteiger partial charge is 0.278 e. The number of carbonyl (C=O) groups is 1. The molecule has 1 heterocycles. The minimum absolute atomic E-state index is 0.113. The minimum Gasteiger partial charge on any atom is -0.493 e. The van der Waals surface area contributed by atoms with Crippen molar-refractivity contribution in [3.05, 3.63) is 23.8 Å². The van der Waals surface area contributed by atoms with Gasteiger partial charge in [-0.05, 0) is 24.1 Å². The lowest BCUT2D eigenvalue weighted by Crippen LogP contribution is -3.15. The summed E-state index contributed by atoms with van der Waals surface area (Å²) in [7, 11) is 3.24. The van der Waals surface area contributed by atoms with Gasteiger partial charge in [0.1, 0.15) is 0 Å². The van der Waals surface area contributed by atoms with Crippen molar-refractivity contribution in [2.45, 2.75) is 45.2 Å². The molecule has 23 heavy (non-hydrogen) atoms. The summed E-state index contributed by atoms with van der Waals surface area (Å²) in [6, 6.07) is 5.85. The Labute approximate surface area is 139 Å². The molecule has 2 atom stereocenters. The normalized spacial score (nSPS) is 20.3. The number of nitrogens with one attached hydrogen (secondary N) is 2. The SMILES string of the molecule is CCCC[NH+]1CCC[C@H]1C(=O)NCc1ccc(OC)c(OC)c1. The summed E-state index contributed by atoms with van der Waals surface area (Å²) >= 11 is 0. The zero-order valence-corrected chi connectivity index (χ0v) is 14.5. The lowest BCUT2D eigenvalue weighted by Gasteiger charge is -2.20. The number of methoxy groups -OCH3 is 2. The second-order valence-electron chi connectivity index (χ2n) is 6.11. The second-order valence-corrected chi connectivity index (χ2v) is 6.11. The highest BCUT2D eigenvalue weighted by molar-refractivity contribution is 5.80. The summed E-state index contributed by atoms with van der Waals surface area (Å²) in [5.74, 6) is 1.56. The molecule has 1 aromatic rings. The van der Waals surface area contributed by atoms with Crippen molar-refractivity contribution in [2.24, 2.45) is 0 Å². The number of hydrogen-bond acceptors (Lipinski definition) is 3. The third kappa shape index (κ3) is 4.61. The first kappa shape index (κ1) is 17.6. The predicted octanol–water partition coefficient (Wildman–Crippen LogP) is 1.17. The van der Waals surface area contributed by atoms with E-state index in [1.165, 1.54) is 17.7 Å². The molecule has 0 spiro atoms. The number of unbranched alkanes of at least 4 members (excludes halogenated alkanes) is 1. The Hall–Kier alpha value is -1.75. The Bertz CT molecular complexity index is 519. The van der Waals surface area contributed by atoms with Crippen molar-refractivity contribution < 1.29 is 19.2 Å². The van der Waals surface area contributed by atoms with Gasteiger partial charge in [0.25, 0.3) is 5.91 Å². The number of ether oxygens (including phenoxy) is 2. The van der Waals surface area contributed by atoms with Crippen molar-refractivity contribution in [2.75, 3.05) is 27.3 Å². The maximum atomic E-state index is 12.5. The van der Waals surface area contributed by atoms with E-state index in [0.29, 0.717) is 18.0 Å². The fourth-order valence-corrected chi connectivity index (χ4v) is 3.23. The molecule has 1 aromatic carbocycles. The molecule has 2 rings (SSSR count). The second kappa shape index (κ2) is 8.77. The summed E-state index contributed by atoms with van der Waals surface area (Å²) in [6.07, 6.45) is 4.52. The predicted molar refractivity (Wildman–Crippen MR) is 90.0 cm³/mol. The highest BCUT2D eigenvalue weighted by atomic mass is 16.5. The van der Waals surface area contributed by atoms with Gasteiger partial charge in [-0.1, -0.05) is 19.4 Å². The molecule has 5 heteroatoms. The van der Waals surface area contributed by atoms with Crippen LogP contribution in [0.1, 0.15) is 38.2 Å². The average Bonchev–Trinajstić information content (AvgIpc) is 3.06. The van der Waals surface area contributed by atoms with Crippen LogP contribution < -0.4 is 19.7 Å². The van der Waals surface area contributed by atoms with Crippen LogP contribution in [0.5, 0.6) is 11.5 Å². The van der Waals surface area contributed by atoms with Crippen LogP contribution in [0.4, 0.5) is 0 Å². The van der Waals surface area contributed by atoms with Gasteiger partial charge in [0.05, 0.1) is 27.3 Å². The quantitative estimate of drug-likeness (QED) is 0.756. The van der Waals surface area contributed by atoms with Crippen LogP contribution in [-0.4, -0.2) is 39.3 Å². The molecule has 0 aromatic heterocycles. The monoisotopic (exact) mass is 321 g/mol. The van der Waals surface area contributed by atoms with E-state index in [1.54, 1.807) is 14.2 Å². The average molecular weight is 321 g/mol. The van der Waals surface area contributed by atoms with Crippen LogP contribution >= 0.6 is 0 Å². The van der Waals surface area contributed by atoms with Gasteiger partial charge in [-0.15, -0.1) is 0 Å². The lowest BCUT2D eigenvalue weighted by atomic mass is 10.1. The van der Waals surface area contributed by atoms with E-state index < -0.39 is 0 Å². The summed E-state index contributed by atoms with van der Waals surface area (Å²) in [6.45, 7) is 4.94. The van der Waals surface area contributed by atoms with Crippen LogP contribution in [0, 0.1) is 0 Å². The van der Waals surface area contributed by atoms with Crippen molar-refractivity contribution >= 4 is 5.91 Å². The standard InChI is InChI=1S/C18H28N2O3/c1-4-5-10-20-11-6-7-15(20)18(21)19-13-14-8-9-16(22-2)17(12-14)23-3/h8-9,12,15H,4-7,10-11,13H2,1-3H3,(H,19,21)/p+1/t15-/m0/s1. The van der Waals surface area contributed by atoms with Crippen LogP contribution in [0.25, 0.3) is 0 Å². The van der Waals surface area contributed by atoms with Gasteiger partial charge in [0, 0.05) is 19.4 Å². The van der Waals surface area contributed by atoms with Crippen LogP contribution in [-0.2, 0) is 11.3 Å². The molecule has 1 unspecified atom stereocenters. The molecule has 1 aliphatic heterocycles. The van der Waals surface area contributed by atoms with E-state index in [4.69, 9.17) is 9.47 Å². The number of benzene rings is 1. The largest absolute Gasteiger partial charge is 0.493 e. The molecule has 5 nitrogen and oxygen atoms in total. The van der Waals surface area contributed by atoms with E-state index in [-0.39, 0.29) is 11.9 Å². The molecule has 1 fully saturated rings. The molecule has 1 saturated heterocycles. The van der Waals surface area contributed by atoms with Crippen LogP contribution in [0.15, 0.2) is 18.2 Å². The molecule has 128 valence electrons. The number of quaternary nitrogens is 1. The van der Waals surface area contributed by atoms with Crippen molar-refractivity contribution in [3.8, 4) is 11.5 Å². The lowest BCUT2D eigenvalue weighted by molar-refractivity contribution is -0.903. The van der Waals surface area contributed by atoms with Gasteiger partial charge < -0.3 is 19.7 Å². The van der Waals surface area contributed by atoms with Crippen LogP contribution in [0.2, 0.25) is 0 Å². The Morgan fingerprint density at radius 1 is 1.30 bits per heavy atom. The number of amides is 1. The molecular formula is C18H29N2O3+. The summed E-state index contributed by atoms with van der Waals surface area (Å²) in [5, 5.41) is 3.08. The summed E-state index contributed by atoms with van der Waals surface area (Å²) < 4.78 is 10.5. The maximum absolute atomic E-state index is 12.5. The maximum Gasteiger partial charge on any atom is 0.278 e. The first-order valence-corrected chi connectivity index (χ1v) is 8.52. The first-order chi connectivity index (χ1) is 11.2. The van der Waals surface area contributed by atoms with Gasteiger partial charge in [0.15, 0.2) is 17.5 Å². The van der Waals surface area contributed by atoms with E-state index in [2.05, 4.69) is 12.2 Å². The van der Waals surface area contributed by atoms with Gasteiger partial charge in [0.2, 0.25) is 0 Å². The van der Waals surface area contributed by atoms with Gasteiger partial charge in [-0.3, -0.25) is 4.79 Å². The highest BCUT2D eigenvalue weighted by Crippen LogP contribution is 2.27. The number of rotatable bonds is 8. The van der Waals surface area contributed by atoms with Crippen molar-refractivity contribution in [1.29, 1.82) is 0 Å². The Morgan fingerprint density at radius 3 is 2.78 bits per heavy atom. The summed E-state index contributed by atoms with van der Waals surface area (Å²) in [4.78, 5) is 13.9. The first-order valence-electron chi connectivity index (χ1n) is 8.52. The number of hydrogen-bond donors (Lipinski definition) is 2. The Morgan fingerprint density at radius 2 is 2.09 bits per heavy atom. The summed E-state index contributed by atoms with van der Waals surface area (Å²) in [5.41, 5.74) is 1.02. The van der Waals surface area contributed by atoms with Gasteiger partial charge in [-0.25, -0.2) is 0 Å². The van der Waals surface area contributed by atoms with E-state index in [9.17, 15) is 4.79 Å². The van der Waals surface area contributed by atoms with E-state index in [0.717, 1.165) is 31.5 Å². The van der Waals surface area contributed by atoms with Gasteiger partial charge in [-0.2, -0.15) is 0 Å². The molecule has 1 amide bonds. The zero-order chi connectivity index (χ0) is 16.7. The van der Waals surface area contributed by atoms with Crippen LogP contribution in [0.3, 0.4) is 0 Å². The molecule has 0 aliphatic carbocycles. The molecule has 1 aliphatic rings. The molecule has 2 N–H and O–H groups in total. The third-order valence-electron chi connectivity index (χ3n) is 4.57. The van der Waals surface area contributed by atoms with E-state index >= 15 is 0 Å². The fraction of sp³-hybridized carbons (Fsp3) is 0.611. The number of carbonyl (C=O) groups excluding carboxylic acids is 1. The zero-order valence-electron chi connectivity index (χ0n) is 14.5. The molecular weight excluding hydrogens is 292 g/mol. The van der Waals surface area contributed by atoms with Crippen molar-refractivity contribution in [1.82, 2.24) is 5.32 Å². The van der Waals surface area contributed by atoms with E-state index in [1.807, 2.05) is 18.2 Å². The number of likely N-dealkylation sites (tertiary alicyclic amines) is 1. The minimum atomic E-state index is 0.113. The highest BCUT2D eigenvalue weighted by Gasteiger charge is 2.33. The Kier molecular flexibility index (Phi) is 6.71. The fourth-order valence-electron chi connectivity index (χ4n) is 3.23. The molecule has 0 radical (unpaired) electrons. The topological polar surface area (TPSA) is 52.0 Å². The Balaban J connectivity index is 1.91. The molecule has 0 saturated carbocycles. The van der Waals surface area contributed by atoms with Gasteiger partial charge >= 0.3 is 0 Å². The van der Waals surface area contributed by atoms with Crippen molar-refractivity contribution in [3.63, 3.8) is 0 Å². The molecule has 0 bridgehead atoms.